The molecule has 0 amide bonds. The molecule has 0 spiro atoms. The van der Waals surface area contributed by atoms with E-state index in [0.717, 1.165) is 5.69 Å². The lowest BCUT2D eigenvalue weighted by Crippen LogP contribution is -2.14. The van der Waals surface area contributed by atoms with E-state index in [9.17, 15) is 14.7 Å². The number of methoxy groups -OCH3 is 1. The Morgan fingerprint density at radius 2 is 2.05 bits per heavy atom. The summed E-state index contributed by atoms with van der Waals surface area (Å²) in [5, 5.41) is 16.9. The van der Waals surface area contributed by atoms with Crippen molar-refractivity contribution in [3.8, 4) is 5.69 Å². The second-order valence-electron chi connectivity index (χ2n) is 4.44. The standard InChI is InChI=1S/C14H15N3O4/c1-21-13(18)7-6-12(14(19)20)10-2-4-11(5-3-10)17-9-8-15-16-17/h2-5,8-9,12H,6-7H2,1H3,(H,19,20). The highest BCUT2D eigenvalue weighted by molar-refractivity contribution is 5.77. The first-order valence-corrected chi connectivity index (χ1v) is 6.38. The first kappa shape index (κ1) is 14.7. The molecule has 0 fully saturated rings. The first-order valence-electron chi connectivity index (χ1n) is 6.38. The summed E-state index contributed by atoms with van der Waals surface area (Å²) in [6.45, 7) is 0. The number of ether oxygens (including phenoxy) is 1. The fraction of sp³-hybridized carbons (Fsp3) is 0.286. The number of carboxylic acid groups (broad SMARTS) is 1. The second-order valence-corrected chi connectivity index (χ2v) is 4.44. The van der Waals surface area contributed by atoms with Crippen LogP contribution < -0.4 is 0 Å². The largest absolute Gasteiger partial charge is 0.481 e. The number of aromatic nitrogens is 3. The number of benzene rings is 1. The minimum atomic E-state index is -0.965. The normalized spacial score (nSPS) is 11.9. The molecule has 1 atom stereocenters. The summed E-state index contributed by atoms with van der Waals surface area (Å²) >= 11 is 0. The highest BCUT2D eigenvalue weighted by atomic mass is 16.5. The van der Waals surface area contributed by atoms with Crippen LogP contribution in [0.1, 0.15) is 24.3 Å². The molecule has 1 N–H and O–H groups in total. The topological polar surface area (TPSA) is 94.3 Å². The number of carboxylic acids is 1. The van der Waals surface area contributed by atoms with Crippen LogP contribution in [0.3, 0.4) is 0 Å². The number of hydrogen-bond acceptors (Lipinski definition) is 5. The molecule has 1 unspecified atom stereocenters. The van der Waals surface area contributed by atoms with Gasteiger partial charge >= 0.3 is 11.9 Å². The van der Waals surface area contributed by atoms with Crippen molar-refractivity contribution in [3.05, 3.63) is 42.2 Å². The van der Waals surface area contributed by atoms with Crippen molar-refractivity contribution in [2.75, 3.05) is 7.11 Å². The summed E-state index contributed by atoms with van der Waals surface area (Å²) in [7, 11) is 1.28. The summed E-state index contributed by atoms with van der Waals surface area (Å²) < 4.78 is 6.11. The Morgan fingerprint density at radius 1 is 1.33 bits per heavy atom. The molecule has 0 saturated heterocycles. The van der Waals surface area contributed by atoms with Gasteiger partial charge in [0.25, 0.3) is 0 Å². The number of carbonyl (C=O) groups is 2. The molecular formula is C14H15N3O4. The van der Waals surface area contributed by atoms with Gasteiger partial charge in [0.2, 0.25) is 0 Å². The molecule has 0 aliphatic rings. The summed E-state index contributed by atoms with van der Waals surface area (Å²) in [6, 6.07) is 6.95. The molecule has 0 aliphatic carbocycles. The van der Waals surface area contributed by atoms with E-state index < -0.39 is 17.9 Å². The average Bonchev–Trinajstić information content (AvgIpc) is 3.01. The third-order valence-corrected chi connectivity index (χ3v) is 3.15. The van der Waals surface area contributed by atoms with E-state index in [4.69, 9.17) is 0 Å². The molecule has 21 heavy (non-hydrogen) atoms. The van der Waals surface area contributed by atoms with Gasteiger partial charge in [-0.3, -0.25) is 9.59 Å². The van der Waals surface area contributed by atoms with Gasteiger partial charge in [0.15, 0.2) is 0 Å². The second kappa shape index (κ2) is 6.65. The zero-order valence-corrected chi connectivity index (χ0v) is 11.5. The zero-order valence-electron chi connectivity index (χ0n) is 11.5. The lowest BCUT2D eigenvalue weighted by molar-refractivity contribution is -0.142. The van der Waals surface area contributed by atoms with Crippen molar-refractivity contribution < 1.29 is 19.4 Å². The molecule has 1 heterocycles. The van der Waals surface area contributed by atoms with Crippen LogP contribution >= 0.6 is 0 Å². The number of esters is 1. The van der Waals surface area contributed by atoms with E-state index in [1.807, 2.05) is 0 Å². The Morgan fingerprint density at radius 3 is 2.57 bits per heavy atom. The van der Waals surface area contributed by atoms with Gasteiger partial charge in [-0.1, -0.05) is 17.3 Å². The maximum absolute atomic E-state index is 11.3. The Bertz CT molecular complexity index is 608. The Labute approximate surface area is 121 Å². The summed E-state index contributed by atoms with van der Waals surface area (Å²) in [5.74, 6) is -2.12. The fourth-order valence-electron chi connectivity index (χ4n) is 2.00. The minimum Gasteiger partial charge on any atom is -0.481 e. The predicted octanol–water partition coefficient (Wildman–Crippen LogP) is 1.39. The van der Waals surface area contributed by atoms with Crippen LogP contribution in [0, 0.1) is 0 Å². The number of nitrogens with zero attached hydrogens (tertiary/aromatic N) is 3. The maximum Gasteiger partial charge on any atom is 0.310 e. The van der Waals surface area contributed by atoms with Crippen molar-refractivity contribution in [2.24, 2.45) is 0 Å². The van der Waals surface area contributed by atoms with Crippen LogP contribution in [0.25, 0.3) is 5.69 Å². The predicted molar refractivity (Wildman–Crippen MR) is 73.0 cm³/mol. The average molecular weight is 289 g/mol. The molecule has 0 radical (unpaired) electrons. The van der Waals surface area contributed by atoms with Crippen LogP contribution in [0.15, 0.2) is 36.7 Å². The van der Waals surface area contributed by atoms with Gasteiger partial charge in [0.05, 0.1) is 31.1 Å². The SMILES string of the molecule is COC(=O)CCC(C(=O)O)c1ccc(-n2ccnn2)cc1. The monoisotopic (exact) mass is 289 g/mol. The van der Waals surface area contributed by atoms with E-state index in [2.05, 4.69) is 15.0 Å². The van der Waals surface area contributed by atoms with Crippen molar-refractivity contribution in [2.45, 2.75) is 18.8 Å². The highest BCUT2D eigenvalue weighted by Gasteiger charge is 2.21. The highest BCUT2D eigenvalue weighted by Crippen LogP contribution is 2.23. The van der Waals surface area contributed by atoms with Crippen LogP contribution in [0.2, 0.25) is 0 Å². The number of rotatable bonds is 6. The van der Waals surface area contributed by atoms with Gasteiger partial charge in [0, 0.05) is 6.42 Å². The molecule has 0 aliphatic heterocycles. The Hall–Kier alpha value is -2.70. The van der Waals surface area contributed by atoms with Crippen molar-refractivity contribution >= 4 is 11.9 Å². The van der Waals surface area contributed by atoms with Gasteiger partial charge in [-0.15, -0.1) is 5.10 Å². The Kier molecular flexibility index (Phi) is 4.65. The van der Waals surface area contributed by atoms with Gasteiger partial charge in [-0.2, -0.15) is 0 Å². The smallest absolute Gasteiger partial charge is 0.310 e. The molecule has 2 rings (SSSR count). The van der Waals surface area contributed by atoms with E-state index >= 15 is 0 Å². The van der Waals surface area contributed by atoms with E-state index in [1.165, 1.54) is 7.11 Å². The minimum absolute atomic E-state index is 0.0678. The van der Waals surface area contributed by atoms with Crippen LogP contribution in [-0.4, -0.2) is 39.1 Å². The third-order valence-electron chi connectivity index (χ3n) is 3.15. The maximum atomic E-state index is 11.3. The molecule has 0 bridgehead atoms. The summed E-state index contributed by atoms with van der Waals surface area (Å²) in [4.78, 5) is 22.5. The number of carbonyl (C=O) groups excluding carboxylic acids is 1. The molecule has 7 nitrogen and oxygen atoms in total. The van der Waals surface area contributed by atoms with E-state index in [-0.39, 0.29) is 12.8 Å². The van der Waals surface area contributed by atoms with Gasteiger partial charge < -0.3 is 9.84 Å². The molecule has 1 aromatic carbocycles. The fourth-order valence-corrected chi connectivity index (χ4v) is 2.00. The van der Waals surface area contributed by atoms with E-state index in [1.54, 1.807) is 41.3 Å². The molecule has 110 valence electrons. The molecular weight excluding hydrogens is 274 g/mol. The Balaban J connectivity index is 2.13. The van der Waals surface area contributed by atoms with Crippen LogP contribution in [0.4, 0.5) is 0 Å². The van der Waals surface area contributed by atoms with Crippen molar-refractivity contribution in [3.63, 3.8) is 0 Å². The quantitative estimate of drug-likeness (QED) is 0.807. The van der Waals surface area contributed by atoms with E-state index in [0.29, 0.717) is 5.56 Å². The van der Waals surface area contributed by atoms with Gasteiger partial charge in [-0.25, -0.2) is 4.68 Å². The number of hydrogen-bond donors (Lipinski definition) is 1. The van der Waals surface area contributed by atoms with Gasteiger partial charge in [0.1, 0.15) is 0 Å². The third kappa shape index (κ3) is 3.65. The molecule has 7 heteroatoms. The van der Waals surface area contributed by atoms with Gasteiger partial charge in [-0.05, 0) is 24.1 Å². The zero-order chi connectivity index (χ0) is 15.2. The lowest BCUT2D eigenvalue weighted by Gasteiger charge is -2.12. The summed E-state index contributed by atoms with van der Waals surface area (Å²) in [5.41, 5.74) is 1.42. The molecule has 2 aromatic rings. The van der Waals surface area contributed by atoms with Crippen molar-refractivity contribution in [1.82, 2.24) is 15.0 Å². The van der Waals surface area contributed by atoms with Crippen molar-refractivity contribution in [1.29, 1.82) is 0 Å². The van der Waals surface area contributed by atoms with Crippen LogP contribution in [0.5, 0.6) is 0 Å². The number of aliphatic carboxylic acids is 1. The first-order chi connectivity index (χ1) is 10.1. The molecule has 1 aromatic heterocycles. The summed E-state index contributed by atoms with van der Waals surface area (Å²) in [6.07, 6.45) is 3.52. The van der Waals surface area contributed by atoms with Crippen LogP contribution in [-0.2, 0) is 14.3 Å². The lowest BCUT2D eigenvalue weighted by atomic mass is 9.94. The molecule has 0 saturated carbocycles.